The van der Waals surface area contributed by atoms with Gasteiger partial charge in [0.2, 0.25) is 10.0 Å². The zero-order valence-electron chi connectivity index (χ0n) is 13.6. The third kappa shape index (κ3) is 3.01. The minimum atomic E-state index is -3.46. The number of hydrogen-bond acceptors (Lipinski definition) is 5. The predicted molar refractivity (Wildman–Crippen MR) is 95.6 cm³/mol. The lowest BCUT2D eigenvalue weighted by atomic mass is 10.1. The lowest BCUT2D eigenvalue weighted by Gasteiger charge is -2.23. The highest BCUT2D eigenvalue weighted by atomic mass is 32.2. The summed E-state index contributed by atoms with van der Waals surface area (Å²) in [5, 5.41) is 6.37. The third-order valence-corrected chi connectivity index (χ3v) is 7.69. The Morgan fingerprint density at radius 1 is 1.25 bits per heavy atom. The second-order valence-electron chi connectivity index (χ2n) is 6.61. The Balaban J connectivity index is 1.64. The van der Waals surface area contributed by atoms with Crippen LogP contribution in [0.1, 0.15) is 25.0 Å². The fraction of sp³-hybridized carbons (Fsp3) is 0.471. The molecule has 2 saturated heterocycles. The van der Waals surface area contributed by atoms with Gasteiger partial charge in [-0.05, 0) is 38.3 Å². The van der Waals surface area contributed by atoms with Crippen LogP contribution in [-0.4, -0.2) is 42.9 Å². The van der Waals surface area contributed by atoms with Crippen molar-refractivity contribution in [2.75, 3.05) is 13.1 Å². The minimum absolute atomic E-state index is 0.289. The summed E-state index contributed by atoms with van der Waals surface area (Å²) in [6.07, 6.45) is 3.12. The van der Waals surface area contributed by atoms with Gasteiger partial charge >= 0.3 is 0 Å². The number of aryl methyl sites for hydroxylation is 1. The van der Waals surface area contributed by atoms with Crippen molar-refractivity contribution < 1.29 is 8.42 Å². The Labute approximate surface area is 146 Å². The molecule has 2 bridgehead atoms. The highest BCUT2D eigenvalue weighted by molar-refractivity contribution is 7.89. The molecule has 2 fully saturated rings. The molecule has 1 aromatic heterocycles. The van der Waals surface area contributed by atoms with Gasteiger partial charge in [0.15, 0.2) is 0 Å². The van der Waals surface area contributed by atoms with Crippen molar-refractivity contribution in [3.63, 3.8) is 0 Å². The van der Waals surface area contributed by atoms with Crippen LogP contribution in [0.4, 0.5) is 0 Å². The molecule has 2 aliphatic heterocycles. The quantitative estimate of drug-likeness (QED) is 0.911. The molecule has 0 spiro atoms. The lowest BCUT2D eigenvalue weighted by Crippen LogP contribution is -2.39. The van der Waals surface area contributed by atoms with Gasteiger partial charge in [-0.15, -0.1) is 11.3 Å². The van der Waals surface area contributed by atoms with E-state index in [1.165, 1.54) is 0 Å². The molecule has 2 aromatic rings. The van der Waals surface area contributed by atoms with Crippen LogP contribution in [0.25, 0.3) is 10.6 Å². The monoisotopic (exact) mass is 363 g/mol. The molecule has 128 valence electrons. The molecule has 2 aliphatic rings. The first kappa shape index (κ1) is 16.2. The van der Waals surface area contributed by atoms with E-state index in [1.807, 2.05) is 18.4 Å². The van der Waals surface area contributed by atoms with Crippen molar-refractivity contribution in [1.82, 2.24) is 14.6 Å². The number of hydrogen-bond donors (Lipinski definition) is 1. The second-order valence-corrected chi connectivity index (χ2v) is 9.41. The molecule has 4 rings (SSSR count). The number of sulfonamides is 1. The standard InChI is InChI=1S/C17H21N3O2S2/c1-12-11-23-17(18-12)13-3-2-4-16(9-13)24(21,22)20-8-7-14-5-6-15(10-20)19-14/h2-4,9,11,14-15,19H,5-8,10H2,1H3. The van der Waals surface area contributed by atoms with Crippen LogP contribution in [0.3, 0.4) is 0 Å². The summed E-state index contributed by atoms with van der Waals surface area (Å²) >= 11 is 1.54. The maximum Gasteiger partial charge on any atom is 0.243 e. The molecule has 1 N–H and O–H groups in total. The van der Waals surface area contributed by atoms with E-state index < -0.39 is 10.0 Å². The van der Waals surface area contributed by atoms with Gasteiger partial charge in [0.1, 0.15) is 5.01 Å². The fourth-order valence-corrected chi connectivity index (χ4v) is 5.90. The summed E-state index contributed by atoms with van der Waals surface area (Å²) in [5.41, 5.74) is 1.82. The molecule has 2 atom stereocenters. The normalized spacial score (nSPS) is 24.9. The molecule has 0 radical (unpaired) electrons. The van der Waals surface area contributed by atoms with Crippen molar-refractivity contribution >= 4 is 21.4 Å². The molecule has 3 heterocycles. The molecule has 0 aliphatic carbocycles. The number of nitrogens with one attached hydrogen (secondary N) is 1. The van der Waals surface area contributed by atoms with Gasteiger partial charge in [-0.2, -0.15) is 4.31 Å². The van der Waals surface area contributed by atoms with Crippen molar-refractivity contribution in [3.05, 3.63) is 35.3 Å². The van der Waals surface area contributed by atoms with Crippen molar-refractivity contribution in [3.8, 4) is 10.6 Å². The second kappa shape index (κ2) is 6.22. The molecule has 0 saturated carbocycles. The Bertz CT molecular complexity index is 847. The van der Waals surface area contributed by atoms with E-state index in [9.17, 15) is 8.42 Å². The van der Waals surface area contributed by atoms with E-state index >= 15 is 0 Å². The van der Waals surface area contributed by atoms with E-state index in [1.54, 1.807) is 33.8 Å². The maximum absolute atomic E-state index is 13.1. The van der Waals surface area contributed by atoms with Gasteiger partial charge in [-0.3, -0.25) is 0 Å². The number of benzene rings is 1. The van der Waals surface area contributed by atoms with E-state index in [0.29, 0.717) is 24.0 Å². The molecule has 2 unspecified atom stereocenters. The van der Waals surface area contributed by atoms with Crippen LogP contribution in [0.2, 0.25) is 0 Å². The minimum Gasteiger partial charge on any atom is -0.310 e. The molecule has 0 amide bonds. The highest BCUT2D eigenvalue weighted by Gasteiger charge is 2.35. The third-order valence-electron chi connectivity index (χ3n) is 4.82. The van der Waals surface area contributed by atoms with Gasteiger partial charge in [0.25, 0.3) is 0 Å². The van der Waals surface area contributed by atoms with Gasteiger partial charge in [0.05, 0.1) is 4.90 Å². The topological polar surface area (TPSA) is 62.3 Å². The van der Waals surface area contributed by atoms with Crippen LogP contribution < -0.4 is 5.32 Å². The Morgan fingerprint density at radius 2 is 2.08 bits per heavy atom. The van der Waals surface area contributed by atoms with E-state index in [2.05, 4.69) is 10.3 Å². The van der Waals surface area contributed by atoms with Gasteiger partial charge in [-0.25, -0.2) is 13.4 Å². The summed E-state index contributed by atoms with van der Waals surface area (Å²) in [6.45, 7) is 3.11. The number of thiazole rings is 1. The van der Waals surface area contributed by atoms with Gasteiger partial charge < -0.3 is 5.32 Å². The molecule has 5 nitrogen and oxygen atoms in total. The van der Waals surface area contributed by atoms with Crippen LogP contribution in [-0.2, 0) is 10.0 Å². The number of aromatic nitrogens is 1. The van der Waals surface area contributed by atoms with Crippen molar-refractivity contribution in [2.24, 2.45) is 0 Å². The van der Waals surface area contributed by atoms with Crippen LogP contribution in [0.15, 0.2) is 34.5 Å². The Kier molecular flexibility index (Phi) is 4.20. The van der Waals surface area contributed by atoms with Gasteiger partial charge in [0, 0.05) is 41.8 Å². The summed E-state index contributed by atoms with van der Waals surface area (Å²) in [7, 11) is -3.46. The van der Waals surface area contributed by atoms with Gasteiger partial charge in [-0.1, -0.05) is 12.1 Å². The smallest absolute Gasteiger partial charge is 0.243 e. The molecular weight excluding hydrogens is 342 g/mol. The average molecular weight is 364 g/mol. The predicted octanol–water partition coefficient (Wildman–Crippen LogP) is 2.63. The molecular formula is C17H21N3O2S2. The van der Waals surface area contributed by atoms with E-state index in [-0.39, 0.29) is 6.04 Å². The summed E-state index contributed by atoms with van der Waals surface area (Å²) in [4.78, 5) is 4.83. The number of fused-ring (bicyclic) bond motifs is 2. The first-order valence-corrected chi connectivity index (χ1v) is 10.6. The van der Waals surface area contributed by atoms with Crippen molar-refractivity contribution in [2.45, 2.75) is 43.2 Å². The summed E-state index contributed by atoms with van der Waals surface area (Å²) < 4.78 is 27.8. The molecule has 1 aromatic carbocycles. The SMILES string of the molecule is Cc1csc(-c2cccc(S(=O)(=O)N3CCC4CCC(C3)N4)c2)n1. The number of rotatable bonds is 3. The Morgan fingerprint density at radius 3 is 2.88 bits per heavy atom. The zero-order valence-corrected chi connectivity index (χ0v) is 15.2. The highest BCUT2D eigenvalue weighted by Crippen LogP contribution is 2.29. The molecule has 7 heteroatoms. The van der Waals surface area contributed by atoms with Crippen LogP contribution in [0, 0.1) is 6.92 Å². The first-order chi connectivity index (χ1) is 11.5. The summed E-state index contributed by atoms with van der Waals surface area (Å²) in [5.74, 6) is 0. The van der Waals surface area contributed by atoms with E-state index in [4.69, 9.17) is 0 Å². The molecule has 24 heavy (non-hydrogen) atoms. The largest absolute Gasteiger partial charge is 0.310 e. The zero-order chi connectivity index (χ0) is 16.7. The van der Waals surface area contributed by atoms with Crippen LogP contribution in [0.5, 0.6) is 0 Å². The maximum atomic E-state index is 13.1. The summed E-state index contributed by atoms with van der Waals surface area (Å²) in [6, 6.07) is 7.93. The average Bonchev–Trinajstić information content (AvgIpc) is 3.13. The Hall–Kier alpha value is -1.28. The fourth-order valence-electron chi connectivity index (χ4n) is 3.55. The van der Waals surface area contributed by atoms with E-state index in [0.717, 1.165) is 35.5 Å². The first-order valence-electron chi connectivity index (χ1n) is 8.31. The lowest BCUT2D eigenvalue weighted by molar-refractivity contribution is 0.383. The number of nitrogens with zero attached hydrogens (tertiary/aromatic N) is 2. The van der Waals surface area contributed by atoms with Crippen LogP contribution >= 0.6 is 11.3 Å². The van der Waals surface area contributed by atoms with Crippen molar-refractivity contribution in [1.29, 1.82) is 0 Å².